The maximum absolute atomic E-state index is 11.7. The van der Waals surface area contributed by atoms with Crippen LogP contribution in [0, 0.1) is 11.3 Å². The van der Waals surface area contributed by atoms with E-state index in [0.717, 1.165) is 6.42 Å². The molecule has 0 radical (unpaired) electrons. The van der Waals surface area contributed by atoms with Gasteiger partial charge in [-0.05, 0) is 29.9 Å². The lowest BCUT2D eigenvalue weighted by molar-refractivity contribution is 0.147. The van der Waals surface area contributed by atoms with E-state index in [1.54, 1.807) is 12.1 Å². The normalized spacial score (nSPS) is 13.3. The Morgan fingerprint density at radius 2 is 2.10 bits per heavy atom. The minimum absolute atomic E-state index is 0.0606. The van der Waals surface area contributed by atoms with Gasteiger partial charge in [-0.15, -0.1) is 0 Å². The Morgan fingerprint density at radius 1 is 1.40 bits per heavy atom. The smallest absolute Gasteiger partial charge is 0.314 e. The summed E-state index contributed by atoms with van der Waals surface area (Å²) >= 11 is 0. The molecular weight excluding hydrogens is 256 g/mol. The van der Waals surface area contributed by atoms with Crippen molar-refractivity contribution in [2.45, 2.75) is 40.2 Å². The molecule has 2 amide bonds. The Morgan fingerprint density at radius 3 is 2.65 bits per heavy atom. The Labute approximate surface area is 120 Å². The number of nitrogens with one attached hydrogen (secondary N) is 2. The molecule has 114 valence electrons. The van der Waals surface area contributed by atoms with Gasteiger partial charge >= 0.3 is 6.03 Å². The van der Waals surface area contributed by atoms with Crippen molar-refractivity contribution < 1.29 is 14.3 Å². The van der Waals surface area contributed by atoms with Crippen molar-refractivity contribution in [3.05, 3.63) is 24.2 Å². The van der Waals surface area contributed by atoms with Crippen molar-refractivity contribution in [2.75, 3.05) is 13.1 Å². The fraction of sp³-hybridized carbons (Fsp3) is 0.667. The van der Waals surface area contributed by atoms with Crippen LogP contribution in [-0.4, -0.2) is 24.2 Å². The molecule has 3 N–H and O–H groups in total. The molecule has 0 saturated carbocycles. The summed E-state index contributed by atoms with van der Waals surface area (Å²) in [6.07, 6.45) is 1.72. The van der Waals surface area contributed by atoms with Crippen LogP contribution in [-0.2, 0) is 0 Å². The summed E-state index contributed by atoms with van der Waals surface area (Å²) in [5.74, 6) is 1.04. The highest BCUT2D eigenvalue weighted by Gasteiger charge is 2.20. The summed E-state index contributed by atoms with van der Waals surface area (Å²) in [6.45, 7) is 9.33. The highest BCUT2D eigenvalue weighted by molar-refractivity contribution is 5.73. The van der Waals surface area contributed by atoms with Crippen LogP contribution in [0.3, 0.4) is 0 Å². The lowest BCUT2D eigenvalue weighted by Gasteiger charge is -2.27. The highest BCUT2D eigenvalue weighted by Crippen LogP contribution is 2.23. The molecule has 1 atom stereocenters. The van der Waals surface area contributed by atoms with Crippen LogP contribution in [0.2, 0.25) is 0 Å². The Balaban J connectivity index is 2.27. The lowest BCUT2D eigenvalue weighted by atomic mass is 9.84. The minimum atomic E-state index is -0.820. The van der Waals surface area contributed by atoms with Gasteiger partial charge < -0.3 is 20.2 Å². The van der Waals surface area contributed by atoms with E-state index in [-0.39, 0.29) is 18.0 Å². The third kappa shape index (κ3) is 6.10. The Hall–Kier alpha value is -1.49. The van der Waals surface area contributed by atoms with Crippen LogP contribution in [0.15, 0.2) is 22.8 Å². The maximum atomic E-state index is 11.7. The van der Waals surface area contributed by atoms with Crippen molar-refractivity contribution in [1.82, 2.24) is 10.6 Å². The van der Waals surface area contributed by atoms with Crippen molar-refractivity contribution >= 4 is 6.03 Å². The summed E-state index contributed by atoms with van der Waals surface area (Å²) in [6, 6.07) is 3.11. The standard InChI is InChI=1S/C15H26N2O3/c1-11(2)8-15(3,4)10-17-14(19)16-9-12(18)13-6-5-7-20-13/h5-7,11-12,18H,8-10H2,1-4H3,(H2,16,17,19). The Kier molecular flexibility index (Phi) is 6.07. The van der Waals surface area contributed by atoms with Gasteiger partial charge in [0, 0.05) is 6.54 Å². The van der Waals surface area contributed by atoms with Gasteiger partial charge in [-0.25, -0.2) is 4.79 Å². The van der Waals surface area contributed by atoms with Gasteiger partial charge in [-0.2, -0.15) is 0 Å². The van der Waals surface area contributed by atoms with Crippen LogP contribution in [0.25, 0.3) is 0 Å². The second-order valence-electron chi connectivity index (χ2n) is 6.36. The first-order chi connectivity index (χ1) is 9.30. The molecule has 0 fully saturated rings. The number of rotatable bonds is 7. The molecule has 5 nitrogen and oxygen atoms in total. The SMILES string of the molecule is CC(C)CC(C)(C)CNC(=O)NCC(O)c1ccco1. The first-order valence-electron chi connectivity index (χ1n) is 7.03. The molecule has 5 heteroatoms. The van der Waals surface area contributed by atoms with Crippen molar-refractivity contribution in [3.63, 3.8) is 0 Å². The van der Waals surface area contributed by atoms with E-state index in [0.29, 0.717) is 18.2 Å². The molecule has 0 aliphatic carbocycles. The average Bonchev–Trinajstić information content (AvgIpc) is 2.85. The number of aliphatic hydroxyl groups is 1. The van der Waals surface area contributed by atoms with Gasteiger partial charge in [0.1, 0.15) is 11.9 Å². The van der Waals surface area contributed by atoms with E-state index in [9.17, 15) is 9.90 Å². The van der Waals surface area contributed by atoms with Crippen LogP contribution in [0.4, 0.5) is 4.79 Å². The summed E-state index contributed by atoms with van der Waals surface area (Å²) < 4.78 is 5.06. The zero-order valence-electron chi connectivity index (χ0n) is 12.8. The molecule has 0 bridgehead atoms. The van der Waals surface area contributed by atoms with Gasteiger partial charge in [0.2, 0.25) is 0 Å². The molecule has 1 aromatic heterocycles. The number of hydrogen-bond donors (Lipinski definition) is 3. The summed E-state index contributed by atoms with van der Waals surface area (Å²) in [5.41, 5.74) is 0.0606. The molecule has 1 heterocycles. The molecule has 0 aliphatic heterocycles. The van der Waals surface area contributed by atoms with E-state index >= 15 is 0 Å². The van der Waals surface area contributed by atoms with E-state index in [1.165, 1.54) is 6.26 Å². The lowest BCUT2D eigenvalue weighted by Crippen LogP contribution is -2.42. The van der Waals surface area contributed by atoms with Gasteiger partial charge in [-0.3, -0.25) is 0 Å². The van der Waals surface area contributed by atoms with E-state index in [4.69, 9.17) is 4.42 Å². The first kappa shape index (κ1) is 16.6. The van der Waals surface area contributed by atoms with Crippen molar-refractivity contribution in [2.24, 2.45) is 11.3 Å². The fourth-order valence-corrected chi connectivity index (χ4v) is 2.33. The van der Waals surface area contributed by atoms with E-state index in [2.05, 4.69) is 38.3 Å². The van der Waals surface area contributed by atoms with Gasteiger partial charge in [0.25, 0.3) is 0 Å². The van der Waals surface area contributed by atoms with Crippen LogP contribution in [0.5, 0.6) is 0 Å². The molecular formula is C15H26N2O3. The predicted octanol–water partition coefficient (Wildman–Crippen LogP) is 2.68. The third-order valence-electron chi connectivity index (χ3n) is 3.02. The number of amides is 2. The molecule has 0 aromatic carbocycles. The monoisotopic (exact) mass is 282 g/mol. The number of carbonyl (C=O) groups excluding carboxylic acids is 1. The summed E-state index contributed by atoms with van der Waals surface area (Å²) in [5, 5.41) is 15.2. The van der Waals surface area contributed by atoms with Gasteiger partial charge in [0.15, 0.2) is 0 Å². The number of urea groups is 1. The van der Waals surface area contributed by atoms with E-state index in [1.807, 2.05) is 0 Å². The second-order valence-corrected chi connectivity index (χ2v) is 6.36. The topological polar surface area (TPSA) is 74.5 Å². The van der Waals surface area contributed by atoms with E-state index < -0.39 is 6.10 Å². The Bertz CT molecular complexity index is 399. The third-order valence-corrected chi connectivity index (χ3v) is 3.02. The first-order valence-corrected chi connectivity index (χ1v) is 7.03. The molecule has 0 spiro atoms. The molecule has 1 unspecified atom stereocenters. The number of carbonyl (C=O) groups is 1. The molecule has 1 rings (SSSR count). The molecule has 20 heavy (non-hydrogen) atoms. The maximum Gasteiger partial charge on any atom is 0.314 e. The summed E-state index contributed by atoms with van der Waals surface area (Å²) in [7, 11) is 0. The number of furan rings is 1. The largest absolute Gasteiger partial charge is 0.467 e. The molecule has 0 aliphatic rings. The van der Waals surface area contributed by atoms with Crippen LogP contribution < -0.4 is 10.6 Å². The molecule has 0 saturated heterocycles. The highest BCUT2D eigenvalue weighted by atomic mass is 16.4. The number of hydrogen-bond acceptors (Lipinski definition) is 3. The van der Waals surface area contributed by atoms with Crippen molar-refractivity contribution in [1.29, 1.82) is 0 Å². The molecule has 1 aromatic rings. The zero-order chi connectivity index (χ0) is 15.2. The summed E-state index contributed by atoms with van der Waals surface area (Å²) in [4.78, 5) is 11.7. The quantitative estimate of drug-likeness (QED) is 0.720. The average molecular weight is 282 g/mol. The minimum Gasteiger partial charge on any atom is -0.467 e. The predicted molar refractivity (Wildman–Crippen MR) is 78.3 cm³/mol. The van der Waals surface area contributed by atoms with Gasteiger partial charge in [-0.1, -0.05) is 27.7 Å². The van der Waals surface area contributed by atoms with Crippen LogP contribution >= 0.6 is 0 Å². The fourth-order valence-electron chi connectivity index (χ4n) is 2.33. The van der Waals surface area contributed by atoms with Crippen molar-refractivity contribution in [3.8, 4) is 0 Å². The van der Waals surface area contributed by atoms with Gasteiger partial charge in [0.05, 0.1) is 12.8 Å². The number of aliphatic hydroxyl groups excluding tert-OH is 1. The second kappa shape index (κ2) is 7.33. The van der Waals surface area contributed by atoms with Crippen LogP contribution in [0.1, 0.15) is 46.0 Å². The zero-order valence-corrected chi connectivity index (χ0v) is 12.8.